The number of rotatable bonds is 14. The van der Waals surface area contributed by atoms with Crippen LogP contribution in [0.5, 0.6) is 17.2 Å². The summed E-state index contributed by atoms with van der Waals surface area (Å²) in [5.74, 6) is 0.108. The molecular formula is C30H36NO9P. The van der Waals surface area contributed by atoms with E-state index in [0.29, 0.717) is 29.3 Å². The summed E-state index contributed by atoms with van der Waals surface area (Å²) in [5, 5.41) is 5.21. The van der Waals surface area contributed by atoms with Gasteiger partial charge in [0.1, 0.15) is 23.0 Å². The molecule has 0 unspecified atom stereocenters. The van der Waals surface area contributed by atoms with E-state index in [0.717, 1.165) is 27.5 Å². The molecule has 41 heavy (non-hydrogen) atoms. The molecule has 10 nitrogen and oxygen atoms in total. The van der Waals surface area contributed by atoms with Gasteiger partial charge in [-0.3, -0.25) is 14.7 Å². The van der Waals surface area contributed by atoms with Crippen molar-refractivity contribution in [3.63, 3.8) is 0 Å². The Morgan fingerprint density at radius 1 is 0.854 bits per heavy atom. The summed E-state index contributed by atoms with van der Waals surface area (Å²) in [6.07, 6.45) is 0.931. The first kappa shape index (κ1) is 30.4. The number of ether oxygens (including phenoxy) is 4. The molecular weight excluding hydrogens is 549 g/mol. The van der Waals surface area contributed by atoms with Crippen molar-refractivity contribution in [1.29, 1.82) is 0 Å². The average molecular weight is 586 g/mol. The van der Waals surface area contributed by atoms with E-state index in [9.17, 15) is 9.36 Å². The fourth-order valence-corrected chi connectivity index (χ4v) is 6.50. The van der Waals surface area contributed by atoms with Gasteiger partial charge < -0.3 is 32.4 Å². The first-order valence-electron chi connectivity index (χ1n) is 13.0. The fraction of sp³-hybridized carbons (Fsp3) is 0.367. The molecule has 0 saturated carbocycles. The van der Waals surface area contributed by atoms with Crippen molar-refractivity contribution in [2.24, 2.45) is 0 Å². The van der Waals surface area contributed by atoms with Gasteiger partial charge in [-0.25, -0.2) is 0 Å². The van der Waals surface area contributed by atoms with Crippen molar-refractivity contribution < 1.29 is 41.8 Å². The quantitative estimate of drug-likeness (QED) is 0.145. The highest BCUT2D eigenvalue weighted by Gasteiger charge is 2.37. The number of hydrogen-bond acceptors (Lipinski definition) is 10. The van der Waals surface area contributed by atoms with E-state index in [1.54, 1.807) is 13.2 Å². The van der Waals surface area contributed by atoms with Gasteiger partial charge in [-0.2, -0.15) is 0 Å². The van der Waals surface area contributed by atoms with Crippen molar-refractivity contribution in [3.8, 4) is 17.2 Å². The second kappa shape index (κ2) is 13.4. The normalized spacial score (nSPS) is 13.2. The zero-order valence-electron chi connectivity index (χ0n) is 24.1. The molecule has 1 aromatic heterocycles. The Kier molecular flexibility index (Phi) is 9.94. The third-order valence-corrected chi connectivity index (χ3v) is 9.31. The highest BCUT2D eigenvalue weighted by atomic mass is 31.2. The Morgan fingerprint density at radius 3 is 2.22 bits per heavy atom. The van der Waals surface area contributed by atoms with Crippen LogP contribution in [0.2, 0.25) is 0 Å². The number of para-hydroxylation sites is 1. The molecule has 2 atom stereocenters. The molecule has 0 aliphatic carbocycles. The topological polar surface area (TPSA) is 115 Å². The van der Waals surface area contributed by atoms with Crippen molar-refractivity contribution in [3.05, 3.63) is 65.7 Å². The van der Waals surface area contributed by atoms with Gasteiger partial charge in [0.2, 0.25) is 5.75 Å². The largest absolute Gasteiger partial charge is 0.493 e. The van der Waals surface area contributed by atoms with Crippen LogP contribution in [0.25, 0.3) is 21.9 Å². The first-order valence-corrected chi connectivity index (χ1v) is 14.7. The van der Waals surface area contributed by atoms with Gasteiger partial charge in [0.15, 0.2) is 11.5 Å². The van der Waals surface area contributed by atoms with Crippen LogP contribution in [0.1, 0.15) is 17.5 Å². The van der Waals surface area contributed by atoms with E-state index in [2.05, 4.69) is 5.32 Å². The number of esters is 1. The second-order valence-corrected chi connectivity index (χ2v) is 11.8. The molecule has 0 saturated heterocycles. The number of furan rings is 1. The molecule has 4 aromatic rings. The van der Waals surface area contributed by atoms with E-state index >= 15 is 0 Å². The fourth-order valence-electron chi connectivity index (χ4n) is 5.03. The average Bonchev–Trinajstić information content (AvgIpc) is 3.38. The Bertz CT molecular complexity index is 1540. The van der Waals surface area contributed by atoms with E-state index in [1.807, 2.05) is 48.5 Å². The summed E-state index contributed by atoms with van der Waals surface area (Å²) in [4.78, 5) is 13.0. The monoisotopic (exact) mass is 585 g/mol. The van der Waals surface area contributed by atoms with E-state index in [1.165, 1.54) is 35.5 Å². The summed E-state index contributed by atoms with van der Waals surface area (Å²) in [7, 11) is 4.88. The number of carbonyl (C=O) groups excluding carboxylic acids is 1. The Balaban J connectivity index is 1.62. The molecule has 1 N–H and O–H groups in total. The third-order valence-electron chi connectivity index (χ3n) is 7.13. The van der Waals surface area contributed by atoms with Crippen molar-refractivity contribution >= 4 is 35.5 Å². The van der Waals surface area contributed by atoms with Crippen LogP contribution in [0.15, 0.2) is 59.0 Å². The predicted octanol–water partition coefficient (Wildman–Crippen LogP) is 5.73. The molecule has 4 rings (SSSR count). The molecule has 1 heterocycles. The highest BCUT2D eigenvalue weighted by molar-refractivity contribution is 7.54. The van der Waals surface area contributed by atoms with Crippen molar-refractivity contribution in [1.82, 2.24) is 5.32 Å². The minimum Gasteiger partial charge on any atom is -0.493 e. The second-order valence-electron chi connectivity index (χ2n) is 9.33. The lowest BCUT2D eigenvalue weighted by Gasteiger charge is -2.29. The smallest absolute Gasteiger partial charge is 0.346 e. The Labute approximate surface area is 239 Å². The highest BCUT2D eigenvalue weighted by Crippen LogP contribution is 2.52. The van der Waals surface area contributed by atoms with Gasteiger partial charge in [-0.15, -0.1) is 0 Å². The van der Waals surface area contributed by atoms with E-state index in [-0.39, 0.29) is 12.8 Å². The van der Waals surface area contributed by atoms with Crippen LogP contribution >= 0.6 is 7.60 Å². The molecule has 0 aliphatic rings. The maximum atomic E-state index is 13.7. The van der Waals surface area contributed by atoms with Crippen LogP contribution in [0.4, 0.5) is 0 Å². The number of benzene rings is 3. The summed E-state index contributed by atoms with van der Waals surface area (Å²) >= 11 is 0. The minimum absolute atomic E-state index is 0.253. The lowest BCUT2D eigenvalue weighted by Crippen LogP contribution is -2.45. The Morgan fingerprint density at radius 2 is 1.56 bits per heavy atom. The number of nitrogens with one attached hydrogen (secondary N) is 1. The number of fused-ring (bicyclic) bond motifs is 3. The van der Waals surface area contributed by atoms with Gasteiger partial charge >= 0.3 is 13.6 Å². The predicted molar refractivity (Wildman–Crippen MR) is 156 cm³/mol. The molecule has 220 valence electrons. The van der Waals surface area contributed by atoms with Crippen LogP contribution in [-0.4, -0.2) is 60.5 Å². The Hall–Kier alpha value is -3.56. The summed E-state index contributed by atoms with van der Waals surface area (Å²) in [6.45, 7) is 0. The summed E-state index contributed by atoms with van der Waals surface area (Å²) in [6, 6.07) is 16.4. The first-order chi connectivity index (χ1) is 19.8. The molecule has 0 bridgehead atoms. The number of aryl methyl sites for hydroxylation is 1. The van der Waals surface area contributed by atoms with E-state index < -0.39 is 25.4 Å². The molecule has 0 radical (unpaired) electrons. The van der Waals surface area contributed by atoms with Gasteiger partial charge in [0.05, 0.1) is 28.4 Å². The molecule has 11 heteroatoms. The van der Waals surface area contributed by atoms with Crippen LogP contribution in [0, 0.1) is 0 Å². The third kappa shape index (κ3) is 6.36. The van der Waals surface area contributed by atoms with Crippen molar-refractivity contribution in [2.75, 3.05) is 42.7 Å². The molecule has 0 spiro atoms. The van der Waals surface area contributed by atoms with Gasteiger partial charge in [-0.1, -0.05) is 36.4 Å². The zero-order chi connectivity index (χ0) is 29.6. The molecule has 3 aromatic carbocycles. The summed E-state index contributed by atoms with van der Waals surface area (Å²) in [5.41, 5.74) is 3.13. The van der Waals surface area contributed by atoms with Crippen molar-refractivity contribution in [2.45, 2.75) is 31.1 Å². The lowest BCUT2D eigenvalue weighted by molar-refractivity contribution is -0.143. The molecule has 0 fully saturated rings. The molecule has 0 amide bonds. The summed E-state index contributed by atoms with van der Waals surface area (Å²) < 4.78 is 52.0. The SMILES string of the molecule is COC(=O)[C@H](Cc1ccc2c(c1)oc1ccccc12)N[C@H](CCc1ccc(OC)c(OC)c1OC)P(=O)(OC)OC. The van der Waals surface area contributed by atoms with Gasteiger partial charge in [-0.05, 0) is 48.6 Å². The number of hydrogen-bond donors (Lipinski definition) is 1. The lowest BCUT2D eigenvalue weighted by atomic mass is 10.0. The van der Waals surface area contributed by atoms with Gasteiger partial charge in [0.25, 0.3) is 0 Å². The molecule has 0 aliphatic heterocycles. The van der Waals surface area contributed by atoms with Crippen LogP contribution in [-0.2, 0) is 36.0 Å². The van der Waals surface area contributed by atoms with E-state index in [4.69, 9.17) is 32.4 Å². The zero-order valence-corrected chi connectivity index (χ0v) is 25.0. The standard InChI is InChI=1S/C30H36NO9P/c1-34-25-15-12-20(28(35-2)29(25)36-3)13-16-27(41(33,38-5)39-6)31-23(30(32)37-4)17-19-11-14-22-21-9-7-8-10-24(21)40-26(22)18-19/h7-12,14-15,18,23,27,31H,13,16-17H2,1-6H3/t23-,27-/m0/s1. The van der Waals surface area contributed by atoms with Gasteiger partial charge in [0, 0.05) is 25.0 Å². The number of carbonyl (C=O) groups is 1. The minimum atomic E-state index is -3.69. The number of methoxy groups -OCH3 is 4. The maximum Gasteiger partial charge on any atom is 0.346 e. The maximum absolute atomic E-state index is 13.7. The van der Waals surface area contributed by atoms with Crippen LogP contribution in [0.3, 0.4) is 0 Å². The van der Waals surface area contributed by atoms with Crippen LogP contribution < -0.4 is 19.5 Å².